The number of carbonyl (C=O) groups is 1. The van der Waals surface area contributed by atoms with E-state index in [4.69, 9.17) is 0 Å². The fourth-order valence-corrected chi connectivity index (χ4v) is 4.81. The molecule has 0 aromatic heterocycles. The Kier molecular flexibility index (Phi) is 3.75. The number of aromatic hydroxyl groups is 2. The van der Waals surface area contributed by atoms with Gasteiger partial charge in [0.1, 0.15) is 0 Å². The van der Waals surface area contributed by atoms with Gasteiger partial charge in [-0.3, -0.25) is 4.79 Å². The van der Waals surface area contributed by atoms with E-state index in [0.717, 1.165) is 45.2 Å². The highest BCUT2D eigenvalue weighted by Gasteiger charge is 2.40. The molecule has 3 N–H and O–H groups in total. The standard InChI is InChI=1S/C25H23NO3/c1-25(2)12-17-22-16-6-4-3-5-14(16)7-9-18(22)26-24(23(17)21(29)13-25)15-8-10-19(27)20(28)11-15/h3-11,24,26-28H,12-13H2,1-2H3/t24-/m1/s1. The lowest BCUT2D eigenvalue weighted by atomic mass is 9.68. The zero-order valence-corrected chi connectivity index (χ0v) is 16.5. The van der Waals surface area contributed by atoms with E-state index in [9.17, 15) is 15.0 Å². The highest BCUT2D eigenvalue weighted by Crippen LogP contribution is 2.52. The predicted octanol–water partition coefficient (Wildman–Crippen LogP) is 5.56. The number of anilines is 1. The van der Waals surface area contributed by atoms with Crippen molar-refractivity contribution in [1.29, 1.82) is 0 Å². The summed E-state index contributed by atoms with van der Waals surface area (Å²) in [6.07, 6.45) is 1.31. The van der Waals surface area contributed by atoms with E-state index in [1.54, 1.807) is 6.07 Å². The van der Waals surface area contributed by atoms with E-state index in [1.165, 1.54) is 12.1 Å². The molecule has 4 nitrogen and oxygen atoms in total. The topological polar surface area (TPSA) is 69.6 Å². The minimum absolute atomic E-state index is 0.108. The summed E-state index contributed by atoms with van der Waals surface area (Å²) in [7, 11) is 0. The molecule has 1 aliphatic heterocycles. The van der Waals surface area contributed by atoms with Crippen LogP contribution in [0.3, 0.4) is 0 Å². The summed E-state index contributed by atoms with van der Waals surface area (Å²) in [4.78, 5) is 13.3. The average molecular weight is 385 g/mol. The molecule has 29 heavy (non-hydrogen) atoms. The minimum Gasteiger partial charge on any atom is -0.504 e. The molecule has 146 valence electrons. The lowest BCUT2D eigenvalue weighted by molar-refractivity contribution is -0.118. The fraction of sp³-hybridized carbons (Fsp3) is 0.240. The zero-order valence-electron chi connectivity index (χ0n) is 16.5. The number of Topliss-reactive ketones (excluding diaryl/α,β-unsaturated/α-hetero) is 1. The number of rotatable bonds is 1. The number of nitrogens with one attached hydrogen (secondary N) is 1. The minimum atomic E-state index is -0.353. The molecule has 1 heterocycles. The molecular formula is C25H23NO3. The van der Waals surface area contributed by atoms with Gasteiger partial charge in [0.05, 0.1) is 6.04 Å². The Morgan fingerprint density at radius 1 is 0.966 bits per heavy atom. The summed E-state index contributed by atoms with van der Waals surface area (Å²) in [5, 5.41) is 25.6. The van der Waals surface area contributed by atoms with Crippen LogP contribution in [-0.2, 0) is 4.79 Å². The first-order valence-corrected chi connectivity index (χ1v) is 9.91. The molecule has 0 amide bonds. The SMILES string of the molecule is CC1(C)CC(=O)C2=C(C1)c1c(ccc3ccccc13)N[C@@H]2c1ccc(O)c(O)c1. The second-order valence-corrected chi connectivity index (χ2v) is 8.87. The van der Waals surface area contributed by atoms with Gasteiger partial charge in [-0.05, 0) is 51.9 Å². The second kappa shape index (κ2) is 6.11. The Labute approximate surface area is 169 Å². The van der Waals surface area contributed by atoms with E-state index in [-0.39, 0.29) is 28.7 Å². The van der Waals surface area contributed by atoms with Crippen molar-refractivity contribution in [3.05, 3.63) is 71.3 Å². The number of benzene rings is 3. The monoisotopic (exact) mass is 385 g/mol. The van der Waals surface area contributed by atoms with Gasteiger partial charge in [-0.1, -0.05) is 50.2 Å². The molecule has 1 atom stereocenters. The molecular weight excluding hydrogens is 362 g/mol. The third-order valence-electron chi connectivity index (χ3n) is 6.07. The third kappa shape index (κ3) is 2.79. The van der Waals surface area contributed by atoms with Crippen molar-refractivity contribution in [2.45, 2.75) is 32.7 Å². The Morgan fingerprint density at radius 2 is 1.76 bits per heavy atom. The van der Waals surface area contributed by atoms with Crippen molar-refractivity contribution in [2.24, 2.45) is 5.41 Å². The van der Waals surface area contributed by atoms with Crippen LogP contribution in [0.2, 0.25) is 0 Å². The molecule has 5 rings (SSSR count). The van der Waals surface area contributed by atoms with Crippen LogP contribution in [0.4, 0.5) is 5.69 Å². The van der Waals surface area contributed by atoms with Crippen LogP contribution in [0.15, 0.2) is 60.2 Å². The molecule has 3 aromatic carbocycles. The van der Waals surface area contributed by atoms with Crippen molar-refractivity contribution < 1.29 is 15.0 Å². The van der Waals surface area contributed by atoms with E-state index in [0.29, 0.717) is 6.42 Å². The van der Waals surface area contributed by atoms with Gasteiger partial charge in [0.15, 0.2) is 17.3 Å². The van der Waals surface area contributed by atoms with Crippen LogP contribution in [0, 0.1) is 5.41 Å². The lowest BCUT2D eigenvalue weighted by Crippen LogP contribution is -2.33. The Bertz CT molecular complexity index is 1210. The number of allylic oxidation sites excluding steroid dienone is 1. The molecule has 0 spiro atoms. The number of fused-ring (bicyclic) bond motifs is 4. The van der Waals surface area contributed by atoms with Crippen molar-refractivity contribution in [3.63, 3.8) is 0 Å². The number of phenolic OH excluding ortho intramolecular Hbond substituents is 2. The molecule has 0 bridgehead atoms. The van der Waals surface area contributed by atoms with Gasteiger partial charge in [-0.2, -0.15) is 0 Å². The molecule has 0 fully saturated rings. The molecule has 0 unspecified atom stereocenters. The van der Waals surface area contributed by atoms with E-state index >= 15 is 0 Å². The first-order valence-electron chi connectivity index (χ1n) is 9.91. The maximum atomic E-state index is 13.3. The van der Waals surface area contributed by atoms with Crippen LogP contribution in [0.25, 0.3) is 16.3 Å². The summed E-state index contributed by atoms with van der Waals surface area (Å²) < 4.78 is 0. The zero-order chi connectivity index (χ0) is 20.3. The van der Waals surface area contributed by atoms with Crippen LogP contribution in [-0.4, -0.2) is 16.0 Å². The fourth-order valence-electron chi connectivity index (χ4n) is 4.81. The quantitative estimate of drug-likeness (QED) is 0.480. The largest absolute Gasteiger partial charge is 0.504 e. The smallest absolute Gasteiger partial charge is 0.162 e. The lowest BCUT2D eigenvalue weighted by Gasteiger charge is -2.40. The third-order valence-corrected chi connectivity index (χ3v) is 6.07. The van der Waals surface area contributed by atoms with E-state index in [1.807, 2.05) is 12.1 Å². The van der Waals surface area contributed by atoms with Crippen LogP contribution < -0.4 is 5.32 Å². The highest BCUT2D eigenvalue weighted by molar-refractivity contribution is 6.12. The van der Waals surface area contributed by atoms with E-state index < -0.39 is 0 Å². The first kappa shape index (κ1) is 17.8. The van der Waals surface area contributed by atoms with Crippen LogP contribution in [0.1, 0.15) is 43.9 Å². The van der Waals surface area contributed by atoms with Gasteiger partial charge >= 0.3 is 0 Å². The molecule has 3 aromatic rings. The summed E-state index contributed by atoms with van der Waals surface area (Å²) in [5.74, 6) is -0.208. The molecule has 2 aliphatic rings. The van der Waals surface area contributed by atoms with Crippen LogP contribution in [0.5, 0.6) is 11.5 Å². The maximum absolute atomic E-state index is 13.3. The summed E-state index contributed by atoms with van der Waals surface area (Å²) in [5.41, 5.74) is 4.62. The van der Waals surface area contributed by atoms with Gasteiger partial charge in [-0.15, -0.1) is 0 Å². The maximum Gasteiger partial charge on any atom is 0.162 e. The molecule has 0 radical (unpaired) electrons. The van der Waals surface area contributed by atoms with Crippen molar-refractivity contribution in [2.75, 3.05) is 5.32 Å². The number of carbonyl (C=O) groups excluding carboxylic acids is 1. The van der Waals surface area contributed by atoms with Crippen molar-refractivity contribution >= 4 is 27.8 Å². The Morgan fingerprint density at radius 3 is 2.55 bits per heavy atom. The van der Waals surface area contributed by atoms with Gasteiger partial charge < -0.3 is 15.5 Å². The number of phenols is 2. The van der Waals surface area contributed by atoms with Gasteiger partial charge in [0.2, 0.25) is 0 Å². The summed E-state index contributed by atoms with van der Waals surface area (Å²) in [6, 6.07) is 16.8. The van der Waals surface area contributed by atoms with Gasteiger partial charge in [0.25, 0.3) is 0 Å². The Balaban J connectivity index is 1.80. The Hall–Kier alpha value is -3.27. The summed E-state index contributed by atoms with van der Waals surface area (Å²) in [6.45, 7) is 4.28. The van der Waals surface area contributed by atoms with E-state index in [2.05, 4.69) is 43.4 Å². The number of hydrogen-bond acceptors (Lipinski definition) is 4. The first-order chi connectivity index (χ1) is 13.8. The molecule has 0 saturated carbocycles. The summed E-state index contributed by atoms with van der Waals surface area (Å²) >= 11 is 0. The van der Waals surface area contributed by atoms with Crippen LogP contribution >= 0.6 is 0 Å². The normalized spacial score (nSPS) is 20.2. The molecule has 4 heteroatoms. The highest BCUT2D eigenvalue weighted by atomic mass is 16.3. The second-order valence-electron chi connectivity index (χ2n) is 8.87. The molecule has 0 saturated heterocycles. The number of ketones is 1. The number of hydrogen-bond donors (Lipinski definition) is 3. The van der Waals surface area contributed by atoms with Crippen molar-refractivity contribution in [1.82, 2.24) is 0 Å². The average Bonchev–Trinajstić information content (AvgIpc) is 2.68. The van der Waals surface area contributed by atoms with Gasteiger partial charge in [-0.25, -0.2) is 0 Å². The van der Waals surface area contributed by atoms with Crippen molar-refractivity contribution in [3.8, 4) is 11.5 Å². The predicted molar refractivity (Wildman–Crippen MR) is 115 cm³/mol. The molecule has 1 aliphatic carbocycles. The van der Waals surface area contributed by atoms with Gasteiger partial charge in [0, 0.05) is 23.2 Å².